The summed E-state index contributed by atoms with van der Waals surface area (Å²) in [6.45, 7) is 4.24. The molecular formula is C6H13O2-. The zero-order valence-electron chi connectivity index (χ0n) is 5.52. The van der Waals surface area contributed by atoms with E-state index in [2.05, 4.69) is 0 Å². The van der Waals surface area contributed by atoms with E-state index >= 15 is 0 Å². The molecule has 0 rings (SSSR count). The van der Waals surface area contributed by atoms with Crippen molar-refractivity contribution in [3.63, 3.8) is 0 Å². The van der Waals surface area contributed by atoms with Crippen molar-refractivity contribution >= 4 is 0 Å². The van der Waals surface area contributed by atoms with Crippen molar-refractivity contribution in [3.8, 4) is 0 Å². The minimum atomic E-state index is -0.121. The molecule has 0 spiro atoms. The highest BCUT2D eigenvalue weighted by atomic mass is 16.5. The van der Waals surface area contributed by atoms with Crippen molar-refractivity contribution in [3.05, 3.63) is 0 Å². The van der Waals surface area contributed by atoms with Crippen molar-refractivity contribution in [2.45, 2.75) is 26.4 Å². The third kappa shape index (κ3) is 4.09. The van der Waals surface area contributed by atoms with Crippen molar-refractivity contribution < 1.29 is 9.84 Å². The number of hydrogen-bond acceptors (Lipinski definition) is 2. The minimum Gasteiger partial charge on any atom is -0.853 e. The van der Waals surface area contributed by atoms with Crippen LogP contribution in [0, 0.1) is 0 Å². The monoisotopic (exact) mass is 117 g/mol. The highest BCUT2D eigenvalue weighted by Gasteiger charge is 1.92. The first kappa shape index (κ1) is 7.92. The van der Waals surface area contributed by atoms with Gasteiger partial charge in [-0.2, -0.15) is 0 Å². The van der Waals surface area contributed by atoms with E-state index in [9.17, 15) is 5.11 Å². The van der Waals surface area contributed by atoms with E-state index in [0.29, 0.717) is 6.61 Å². The van der Waals surface area contributed by atoms with Crippen LogP contribution in [0.1, 0.15) is 20.3 Å². The first-order valence-electron chi connectivity index (χ1n) is 3.01. The van der Waals surface area contributed by atoms with Gasteiger partial charge in [0.2, 0.25) is 0 Å². The average Bonchev–Trinajstić information content (AvgIpc) is 1.83. The van der Waals surface area contributed by atoms with Crippen molar-refractivity contribution in [1.29, 1.82) is 0 Å². The molecule has 0 aliphatic carbocycles. The number of hydrogen-bond donors (Lipinski definition) is 0. The SMILES string of the molecule is CCC(C)OCC[O-]. The van der Waals surface area contributed by atoms with Gasteiger partial charge in [-0.1, -0.05) is 6.92 Å². The Morgan fingerprint density at radius 2 is 2.25 bits per heavy atom. The van der Waals surface area contributed by atoms with Crippen molar-refractivity contribution in [2.24, 2.45) is 0 Å². The second kappa shape index (κ2) is 5.06. The van der Waals surface area contributed by atoms with Crippen LogP contribution in [0.25, 0.3) is 0 Å². The molecule has 0 N–H and O–H groups in total. The molecule has 0 aliphatic rings. The molecule has 0 heterocycles. The molecule has 0 radical (unpaired) electrons. The fourth-order valence-corrected chi connectivity index (χ4v) is 0.367. The lowest BCUT2D eigenvalue weighted by Gasteiger charge is -2.10. The maximum absolute atomic E-state index is 9.83. The minimum absolute atomic E-state index is 0.121. The van der Waals surface area contributed by atoms with Crippen molar-refractivity contribution in [2.75, 3.05) is 13.2 Å². The van der Waals surface area contributed by atoms with Crippen LogP contribution in [-0.2, 0) is 4.74 Å². The predicted octanol–water partition coefficient (Wildman–Crippen LogP) is 0.162. The lowest BCUT2D eigenvalue weighted by molar-refractivity contribution is -0.375. The quantitative estimate of drug-likeness (QED) is 0.525. The molecule has 8 heavy (non-hydrogen) atoms. The van der Waals surface area contributed by atoms with Gasteiger partial charge in [-0.25, -0.2) is 0 Å². The summed E-state index contributed by atoms with van der Waals surface area (Å²) in [5, 5.41) is 9.83. The highest BCUT2D eigenvalue weighted by molar-refractivity contribution is 4.42. The number of ether oxygens (including phenoxy) is 1. The summed E-state index contributed by atoms with van der Waals surface area (Å²) in [7, 11) is 0. The van der Waals surface area contributed by atoms with Gasteiger partial charge in [-0.3, -0.25) is 0 Å². The fourth-order valence-electron chi connectivity index (χ4n) is 0.367. The third-order valence-corrected chi connectivity index (χ3v) is 1.06. The van der Waals surface area contributed by atoms with Gasteiger partial charge in [-0.15, -0.1) is 6.61 Å². The molecule has 0 aromatic rings. The van der Waals surface area contributed by atoms with E-state index in [1.807, 2.05) is 13.8 Å². The zero-order valence-corrected chi connectivity index (χ0v) is 5.52. The summed E-state index contributed by atoms with van der Waals surface area (Å²) in [5.41, 5.74) is 0. The van der Waals surface area contributed by atoms with Crippen LogP contribution < -0.4 is 5.11 Å². The molecule has 0 amide bonds. The van der Waals surface area contributed by atoms with Gasteiger partial charge in [-0.05, 0) is 13.3 Å². The maximum Gasteiger partial charge on any atom is 0.0543 e. The van der Waals surface area contributed by atoms with Gasteiger partial charge in [0.25, 0.3) is 0 Å². The van der Waals surface area contributed by atoms with E-state index in [0.717, 1.165) is 6.42 Å². The molecule has 0 aromatic heterocycles. The average molecular weight is 117 g/mol. The van der Waals surface area contributed by atoms with Crippen LogP contribution in [0.3, 0.4) is 0 Å². The summed E-state index contributed by atoms with van der Waals surface area (Å²) >= 11 is 0. The largest absolute Gasteiger partial charge is 0.853 e. The molecule has 0 aromatic carbocycles. The van der Waals surface area contributed by atoms with Gasteiger partial charge in [0.15, 0.2) is 0 Å². The van der Waals surface area contributed by atoms with Crippen LogP contribution in [0.4, 0.5) is 0 Å². The second-order valence-electron chi connectivity index (χ2n) is 1.79. The Hall–Kier alpha value is -0.0800. The molecular weight excluding hydrogens is 104 g/mol. The normalized spacial score (nSPS) is 13.9. The maximum atomic E-state index is 9.83. The van der Waals surface area contributed by atoms with E-state index in [-0.39, 0.29) is 12.7 Å². The lowest BCUT2D eigenvalue weighted by atomic mass is 10.3. The van der Waals surface area contributed by atoms with Crippen molar-refractivity contribution in [1.82, 2.24) is 0 Å². The van der Waals surface area contributed by atoms with Gasteiger partial charge >= 0.3 is 0 Å². The topological polar surface area (TPSA) is 32.3 Å². The Kier molecular flexibility index (Phi) is 5.01. The summed E-state index contributed by atoms with van der Waals surface area (Å²) < 4.78 is 5.03. The molecule has 2 heteroatoms. The predicted molar refractivity (Wildman–Crippen MR) is 30.6 cm³/mol. The van der Waals surface area contributed by atoms with Gasteiger partial charge in [0, 0.05) is 6.61 Å². The Balaban J connectivity index is 2.86. The molecule has 2 nitrogen and oxygen atoms in total. The Morgan fingerprint density at radius 1 is 1.62 bits per heavy atom. The Morgan fingerprint density at radius 3 is 2.62 bits per heavy atom. The van der Waals surface area contributed by atoms with Crippen LogP contribution in [-0.4, -0.2) is 19.3 Å². The molecule has 0 aliphatic heterocycles. The molecule has 0 bridgehead atoms. The summed E-state index contributed by atoms with van der Waals surface area (Å²) in [6, 6.07) is 0. The van der Waals surface area contributed by atoms with E-state index in [1.54, 1.807) is 0 Å². The van der Waals surface area contributed by atoms with Gasteiger partial charge < -0.3 is 9.84 Å². The Bertz CT molecular complexity index is 45.8. The van der Waals surface area contributed by atoms with Crippen LogP contribution in [0.15, 0.2) is 0 Å². The highest BCUT2D eigenvalue weighted by Crippen LogP contribution is 1.92. The van der Waals surface area contributed by atoms with E-state index in [4.69, 9.17) is 4.74 Å². The number of rotatable bonds is 4. The summed E-state index contributed by atoms with van der Waals surface area (Å²) in [4.78, 5) is 0. The van der Waals surface area contributed by atoms with E-state index < -0.39 is 0 Å². The van der Waals surface area contributed by atoms with Gasteiger partial charge in [0.05, 0.1) is 6.10 Å². The van der Waals surface area contributed by atoms with E-state index in [1.165, 1.54) is 0 Å². The lowest BCUT2D eigenvalue weighted by Crippen LogP contribution is -2.17. The van der Waals surface area contributed by atoms with Crippen LogP contribution in [0.2, 0.25) is 0 Å². The first-order valence-corrected chi connectivity index (χ1v) is 3.01. The molecule has 0 fully saturated rings. The standard InChI is InChI=1S/C6H13O2/c1-3-6(2)8-5-4-7/h6H,3-5H2,1-2H3/q-1. The molecule has 1 atom stereocenters. The summed E-state index contributed by atoms with van der Waals surface area (Å²) in [6.07, 6.45) is 1.24. The molecule has 50 valence electrons. The Labute approximate surface area is 50.5 Å². The van der Waals surface area contributed by atoms with Gasteiger partial charge in [0.1, 0.15) is 0 Å². The fraction of sp³-hybridized carbons (Fsp3) is 1.00. The molecule has 0 saturated heterocycles. The van der Waals surface area contributed by atoms with Crippen LogP contribution in [0.5, 0.6) is 0 Å². The smallest absolute Gasteiger partial charge is 0.0543 e. The van der Waals surface area contributed by atoms with Crippen LogP contribution >= 0.6 is 0 Å². The first-order chi connectivity index (χ1) is 3.81. The summed E-state index contributed by atoms with van der Waals surface area (Å²) in [5.74, 6) is 0. The molecule has 1 unspecified atom stereocenters. The zero-order chi connectivity index (χ0) is 6.41. The molecule has 0 saturated carbocycles. The third-order valence-electron chi connectivity index (χ3n) is 1.06. The second-order valence-corrected chi connectivity index (χ2v) is 1.79.